The molecule has 126 valence electrons. The molecule has 0 saturated heterocycles. The number of anilines is 1. The lowest BCUT2D eigenvalue weighted by Crippen LogP contribution is -2.27. The van der Waals surface area contributed by atoms with E-state index < -0.39 is 11.8 Å². The molecule has 1 aromatic heterocycles. The number of hydrogen-bond donors (Lipinski definition) is 3. The van der Waals surface area contributed by atoms with Gasteiger partial charge in [0.05, 0.1) is 22.3 Å². The van der Waals surface area contributed by atoms with Crippen molar-refractivity contribution in [2.24, 2.45) is 0 Å². The molecule has 1 atom stereocenters. The number of benzene rings is 1. The zero-order valence-corrected chi connectivity index (χ0v) is 14.3. The summed E-state index contributed by atoms with van der Waals surface area (Å²) >= 11 is 1.55. The molecule has 2 aromatic rings. The molecule has 0 aliphatic carbocycles. The maximum atomic E-state index is 12.4. The quantitative estimate of drug-likeness (QED) is 0.554. The van der Waals surface area contributed by atoms with Crippen LogP contribution in [0, 0.1) is 0 Å². The van der Waals surface area contributed by atoms with Gasteiger partial charge in [0, 0.05) is 11.1 Å². The Morgan fingerprint density at radius 3 is 2.83 bits per heavy atom. The molecule has 1 heterocycles. The molecular weight excluding hydrogens is 326 g/mol. The molecular formula is C17H19N3O3S. The van der Waals surface area contributed by atoms with Gasteiger partial charge in [-0.1, -0.05) is 13.5 Å². The van der Waals surface area contributed by atoms with Crippen LogP contribution >= 0.6 is 11.3 Å². The first-order chi connectivity index (χ1) is 11.4. The number of amides is 2. The van der Waals surface area contributed by atoms with Crippen molar-refractivity contribution in [2.75, 3.05) is 5.32 Å². The third-order valence-corrected chi connectivity index (χ3v) is 4.37. The zero-order chi connectivity index (χ0) is 17.7. The summed E-state index contributed by atoms with van der Waals surface area (Å²) in [6, 6.07) is 3.98. The monoisotopic (exact) mass is 345 g/mol. The van der Waals surface area contributed by atoms with E-state index in [-0.39, 0.29) is 17.4 Å². The minimum absolute atomic E-state index is 0.0784. The van der Waals surface area contributed by atoms with Crippen LogP contribution in [-0.2, 0) is 11.2 Å². The van der Waals surface area contributed by atoms with Gasteiger partial charge in [0.25, 0.3) is 5.91 Å². The summed E-state index contributed by atoms with van der Waals surface area (Å²) in [7, 11) is 0. The number of phenolic OH excluding ortho intramolecular Hbond substituents is 1. The molecule has 1 aromatic carbocycles. The van der Waals surface area contributed by atoms with Gasteiger partial charge in [0.15, 0.2) is 0 Å². The topological polar surface area (TPSA) is 91.3 Å². The summed E-state index contributed by atoms with van der Waals surface area (Å²) in [5, 5.41) is 18.2. The Labute approximate surface area is 144 Å². The van der Waals surface area contributed by atoms with Gasteiger partial charge in [0.1, 0.15) is 5.75 Å². The van der Waals surface area contributed by atoms with Gasteiger partial charge in [-0.05, 0) is 37.6 Å². The highest BCUT2D eigenvalue weighted by molar-refractivity contribution is 7.09. The Bertz CT molecular complexity index is 770. The number of nitrogens with zero attached hydrogens (tertiary/aromatic N) is 1. The Morgan fingerprint density at radius 1 is 1.46 bits per heavy atom. The van der Waals surface area contributed by atoms with Gasteiger partial charge in [0.2, 0.25) is 5.91 Å². The average Bonchev–Trinajstić information content (AvgIpc) is 3.05. The third kappa shape index (κ3) is 4.20. The van der Waals surface area contributed by atoms with Crippen LogP contribution in [0.3, 0.4) is 0 Å². The summed E-state index contributed by atoms with van der Waals surface area (Å²) in [5.74, 6) is -1.00. The van der Waals surface area contributed by atoms with Crippen LogP contribution in [-0.4, -0.2) is 21.9 Å². The third-order valence-electron chi connectivity index (χ3n) is 3.36. The van der Waals surface area contributed by atoms with Crippen LogP contribution < -0.4 is 10.6 Å². The van der Waals surface area contributed by atoms with Crippen molar-refractivity contribution >= 4 is 28.8 Å². The van der Waals surface area contributed by atoms with Crippen LogP contribution in [0.25, 0.3) is 0 Å². The molecule has 0 bridgehead atoms. The fourth-order valence-corrected chi connectivity index (χ4v) is 2.86. The van der Waals surface area contributed by atoms with E-state index in [2.05, 4.69) is 22.2 Å². The van der Waals surface area contributed by atoms with Crippen molar-refractivity contribution < 1.29 is 14.7 Å². The van der Waals surface area contributed by atoms with E-state index in [1.807, 2.05) is 19.2 Å². The van der Waals surface area contributed by atoms with Crippen LogP contribution in [0.1, 0.15) is 40.9 Å². The van der Waals surface area contributed by atoms with Crippen LogP contribution in [0.5, 0.6) is 5.75 Å². The summed E-state index contributed by atoms with van der Waals surface area (Å²) in [4.78, 5) is 28.2. The maximum Gasteiger partial charge on any atom is 0.255 e. The molecule has 0 fully saturated rings. The predicted octanol–water partition coefficient (Wildman–Crippen LogP) is 3.03. The first-order valence-electron chi connectivity index (χ1n) is 7.46. The second-order valence-corrected chi connectivity index (χ2v) is 6.08. The molecule has 0 radical (unpaired) electrons. The van der Waals surface area contributed by atoms with E-state index in [9.17, 15) is 14.7 Å². The number of carbonyl (C=O) groups excluding carboxylic acids is 2. The van der Waals surface area contributed by atoms with Crippen molar-refractivity contribution in [1.82, 2.24) is 10.3 Å². The van der Waals surface area contributed by atoms with E-state index in [0.29, 0.717) is 5.69 Å². The van der Waals surface area contributed by atoms with Gasteiger partial charge in [-0.3, -0.25) is 9.59 Å². The highest BCUT2D eigenvalue weighted by atomic mass is 32.1. The number of carbonyl (C=O) groups is 2. The maximum absolute atomic E-state index is 12.4. The summed E-state index contributed by atoms with van der Waals surface area (Å²) < 4.78 is 0. The van der Waals surface area contributed by atoms with E-state index in [0.717, 1.165) is 23.2 Å². The standard InChI is InChI=1S/C17H19N3O3S/c1-4-15(22)19-11-6-7-14(21)12(8-11)17(23)18-10(3)13-9-24-16(5-2)20-13/h4,6-10,21H,1,5H2,2-3H3,(H,18,23)(H,19,22). The van der Waals surface area contributed by atoms with Crippen LogP contribution in [0.4, 0.5) is 5.69 Å². The molecule has 6 nitrogen and oxygen atoms in total. The predicted molar refractivity (Wildman–Crippen MR) is 94.3 cm³/mol. The van der Waals surface area contributed by atoms with E-state index >= 15 is 0 Å². The number of phenols is 1. The first kappa shape index (κ1) is 17.7. The van der Waals surface area contributed by atoms with Crippen LogP contribution in [0.2, 0.25) is 0 Å². The van der Waals surface area contributed by atoms with Gasteiger partial charge in [-0.2, -0.15) is 0 Å². The smallest absolute Gasteiger partial charge is 0.255 e. The van der Waals surface area contributed by atoms with Gasteiger partial charge >= 0.3 is 0 Å². The molecule has 24 heavy (non-hydrogen) atoms. The molecule has 0 saturated carbocycles. The molecule has 1 unspecified atom stereocenters. The van der Waals surface area contributed by atoms with Gasteiger partial charge in [-0.15, -0.1) is 11.3 Å². The molecule has 0 spiro atoms. The fourth-order valence-electron chi connectivity index (χ4n) is 2.02. The molecule has 2 amide bonds. The Morgan fingerprint density at radius 2 is 2.21 bits per heavy atom. The highest BCUT2D eigenvalue weighted by Crippen LogP contribution is 2.23. The minimum atomic E-state index is -0.444. The van der Waals surface area contributed by atoms with E-state index in [4.69, 9.17) is 0 Å². The van der Waals surface area contributed by atoms with Gasteiger partial charge < -0.3 is 15.7 Å². The Balaban J connectivity index is 2.14. The second-order valence-electron chi connectivity index (χ2n) is 5.14. The molecule has 0 aliphatic rings. The normalized spacial score (nSPS) is 11.6. The van der Waals surface area contributed by atoms with Crippen LogP contribution in [0.15, 0.2) is 36.2 Å². The van der Waals surface area contributed by atoms with E-state index in [1.54, 1.807) is 11.3 Å². The first-order valence-corrected chi connectivity index (χ1v) is 8.34. The lowest BCUT2D eigenvalue weighted by Gasteiger charge is -2.13. The SMILES string of the molecule is C=CC(=O)Nc1ccc(O)c(C(=O)NC(C)c2csc(CC)n2)c1. The average molecular weight is 345 g/mol. The number of nitrogens with one attached hydrogen (secondary N) is 2. The number of aromatic hydroxyl groups is 1. The Hall–Kier alpha value is -2.67. The second kappa shape index (κ2) is 7.74. The minimum Gasteiger partial charge on any atom is -0.507 e. The number of rotatable bonds is 6. The number of aryl methyl sites for hydroxylation is 1. The van der Waals surface area contributed by atoms with Crippen molar-refractivity contribution in [3.05, 3.63) is 52.5 Å². The fraction of sp³-hybridized carbons (Fsp3) is 0.235. The molecule has 7 heteroatoms. The van der Waals surface area contributed by atoms with Crippen molar-refractivity contribution in [3.8, 4) is 5.75 Å². The summed E-state index contributed by atoms with van der Waals surface area (Å²) in [6.45, 7) is 7.21. The highest BCUT2D eigenvalue weighted by Gasteiger charge is 2.17. The lowest BCUT2D eigenvalue weighted by molar-refractivity contribution is -0.111. The van der Waals surface area contributed by atoms with Crippen molar-refractivity contribution in [3.63, 3.8) is 0 Å². The number of thiazole rings is 1. The molecule has 3 N–H and O–H groups in total. The molecule has 2 rings (SSSR count). The lowest BCUT2D eigenvalue weighted by atomic mass is 10.1. The number of hydrogen-bond acceptors (Lipinski definition) is 5. The number of aromatic nitrogens is 1. The van der Waals surface area contributed by atoms with Crippen molar-refractivity contribution in [1.29, 1.82) is 0 Å². The van der Waals surface area contributed by atoms with Crippen molar-refractivity contribution in [2.45, 2.75) is 26.3 Å². The van der Waals surface area contributed by atoms with E-state index in [1.165, 1.54) is 18.2 Å². The Kier molecular flexibility index (Phi) is 5.70. The zero-order valence-electron chi connectivity index (χ0n) is 13.5. The largest absolute Gasteiger partial charge is 0.507 e. The molecule has 0 aliphatic heterocycles. The van der Waals surface area contributed by atoms with Gasteiger partial charge in [-0.25, -0.2) is 4.98 Å². The summed E-state index contributed by atoms with van der Waals surface area (Å²) in [6.07, 6.45) is 1.97. The summed E-state index contributed by atoms with van der Waals surface area (Å²) in [5.41, 5.74) is 1.26.